The number of furan rings is 1. The van der Waals surface area contributed by atoms with E-state index in [2.05, 4.69) is 0 Å². The van der Waals surface area contributed by atoms with Gasteiger partial charge in [-0.05, 0) is 56.3 Å². The maximum Gasteiger partial charge on any atom is 0.343 e. The van der Waals surface area contributed by atoms with E-state index in [1.807, 2.05) is 0 Å². The van der Waals surface area contributed by atoms with Crippen LogP contribution in [-0.2, 0) is 14.8 Å². The summed E-state index contributed by atoms with van der Waals surface area (Å²) < 4.78 is 42.6. The number of hydrogen-bond donors (Lipinski definition) is 0. The molecule has 1 heterocycles. The average Bonchev–Trinajstić information content (AvgIpc) is 3.09. The van der Waals surface area contributed by atoms with Gasteiger partial charge in [0.2, 0.25) is 10.0 Å². The molecule has 1 aromatic heterocycles. The molecule has 9 heteroatoms. The van der Waals surface area contributed by atoms with E-state index in [9.17, 15) is 18.0 Å². The van der Waals surface area contributed by atoms with E-state index in [4.69, 9.17) is 13.9 Å². The van der Waals surface area contributed by atoms with Crippen molar-refractivity contribution in [3.05, 3.63) is 59.4 Å². The molecule has 0 fully saturated rings. The van der Waals surface area contributed by atoms with Crippen LogP contribution in [-0.4, -0.2) is 44.4 Å². The Balaban J connectivity index is 1.84. The summed E-state index contributed by atoms with van der Waals surface area (Å²) in [4.78, 5) is 24.9. The Kier molecular flexibility index (Phi) is 7.00. The number of sulfonamides is 1. The molecule has 3 rings (SSSR count). The zero-order valence-corrected chi connectivity index (χ0v) is 19.2. The van der Waals surface area contributed by atoms with Crippen molar-refractivity contribution < 1.29 is 31.9 Å². The first-order valence-electron chi connectivity index (χ1n) is 10.3. The summed E-state index contributed by atoms with van der Waals surface area (Å²) in [6.07, 6.45) is 0. The molecular weight excluding hydrogens is 434 g/mol. The molecule has 0 saturated carbocycles. The number of carbonyl (C=O) groups is 2. The second-order valence-electron chi connectivity index (χ2n) is 6.91. The third kappa shape index (κ3) is 4.53. The van der Waals surface area contributed by atoms with Gasteiger partial charge in [0.15, 0.2) is 0 Å². The van der Waals surface area contributed by atoms with E-state index < -0.39 is 22.0 Å². The topological polar surface area (TPSA) is 103 Å². The summed E-state index contributed by atoms with van der Waals surface area (Å²) in [5.74, 6) is -0.549. The van der Waals surface area contributed by atoms with Crippen LogP contribution < -0.4 is 4.74 Å². The Morgan fingerprint density at radius 3 is 2.22 bits per heavy atom. The van der Waals surface area contributed by atoms with E-state index in [-0.39, 0.29) is 28.4 Å². The van der Waals surface area contributed by atoms with Gasteiger partial charge in [0.25, 0.3) is 0 Å². The Hall–Kier alpha value is -3.17. The molecule has 0 aliphatic heterocycles. The Morgan fingerprint density at radius 1 is 0.969 bits per heavy atom. The van der Waals surface area contributed by atoms with E-state index in [0.29, 0.717) is 29.8 Å². The van der Waals surface area contributed by atoms with E-state index in [0.717, 1.165) is 0 Å². The van der Waals surface area contributed by atoms with Crippen LogP contribution in [0.4, 0.5) is 0 Å². The van der Waals surface area contributed by atoms with Crippen molar-refractivity contribution in [3.8, 4) is 5.75 Å². The highest BCUT2D eigenvalue weighted by Crippen LogP contribution is 2.30. The molecule has 2 aromatic carbocycles. The number of nitrogens with zero attached hydrogens (tertiary/aromatic N) is 1. The number of fused-ring (bicyclic) bond motifs is 1. The maximum absolute atomic E-state index is 12.6. The predicted molar refractivity (Wildman–Crippen MR) is 118 cm³/mol. The van der Waals surface area contributed by atoms with Crippen LogP contribution in [0.3, 0.4) is 0 Å². The lowest BCUT2D eigenvalue weighted by Crippen LogP contribution is -2.30. The number of esters is 2. The fourth-order valence-electron chi connectivity index (χ4n) is 3.36. The second-order valence-corrected chi connectivity index (χ2v) is 8.85. The Morgan fingerprint density at radius 2 is 1.62 bits per heavy atom. The summed E-state index contributed by atoms with van der Waals surface area (Å²) in [5, 5.41) is 0.479. The lowest BCUT2D eigenvalue weighted by Gasteiger charge is -2.18. The fourth-order valence-corrected chi connectivity index (χ4v) is 4.82. The molecule has 0 amide bonds. The summed E-state index contributed by atoms with van der Waals surface area (Å²) in [5.41, 5.74) is 0.944. The van der Waals surface area contributed by atoms with Crippen molar-refractivity contribution in [3.63, 3.8) is 0 Å². The first-order valence-corrected chi connectivity index (χ1v) is 11.7. The van der Waals surface area contributed by atoms with Crippen LogP contribution in [0.15, 0.2) is 51.8 Å². The van der Waals surface area contributed by atoms with Gasteiger partial charge >= 0.3 is 11.9 Å². The van der Waals surface area contributed by atoms with Gasteiger partial charge in [-0.2, -0.15) is 4.31 Å². The predicted octanol–water partition coefficient (Wildman–Crippen LogP) is 4.17. The molecule has 0 aliphatic rings. The number of carbonyl (C=O) groups excluding carboxylic acids is 2. The van der Waals surface area contributed by atoms with E-state index >= 15 is 0 Å². The standard InChI is InChI=1S/C23H25NO7S/c1-5-24(6-2)32(27,28)18-11-8-16(9-12-18)22(25)31-17-10-13-20-19(14-17)21(15(4)30-20)23(26)29-7-3/h8-14H,5-7H2,1-4H3. The van der Waals surface area contributed by atoms with Gasteiger partial charge in [0.1, 0.15) is 22.7 Å². The Labute approximate surface area is 186 Å². The molecule has 0 atom stereocenters. The normalized spacial score (nSPS) is 11.7. The van der Waals surface area contributed by atoms with Gasteiger partial charge in [-0.25, -0.2) is 18.0 Å². The zero-order chi connectivity index (χ0) is 23.5. The zero-order valence-electron chi connectivity index (χ0n) is 18.4. The second kappa shape index (κ2) is 9.54. The van der Waals surface area contributed by atoms with Gasteiger partial charge in [0, 0.05) is 18.5 Å². The molecule has 0 saturated heterocycles. The van der Waals surface area contributed by atoms with Crippen LogP contribution in [0.2, 0.25) is 0 Å². The van der Waals surface area contributed by atoms with Crippen molar-refractivity contribution in [1.82, 2.24) is 4.31 Å². The molecule has 0 spiro atoms. The highest BCUT2D eigenvalue weighted by atomic mass is 32.2. The van der Waals surface area contributed by atoms with E-state index in [1.165, 1.54) is 34.6 Å². The molecule has 0 bridgehead atoms. The van der Waals surface area contributed by atoms with Gasteiger partial charge in [-0.3, -0.25) is 0 Å². The van der Waals surface area contributed by atoms with Gasteiger partial charge in [-0.1, -0.05) is 13.8 Å². The molecule has 8 nitrogen and oxygen atoms in total. The highest BCUT2D eigenvalue weighted by Gasteiger charge is 2.23. The summed E-state index contributed by atoms with van der Waals surface area (Å²) >= 11 is 0. The monoisotopic (exact) mass is 459 g/mol. The fraction of sp³-hybridized carbons (Fsp3) is 0.304. The molecule has 0 unspecified atom stereocenters. The lowest BCUT2D eigenvalue weighted by atomic mass is 10.1. The molecule has 0 aliphatic carbocycles. The minimum Gasteiger partial charge on any atom is -0.462 e. The van der Waals surface area contributed by atoms with Crippen molar-refractivity contribution in [1.29, 1.82) is 0 Å². The average molecular weight is 460 g/mol. The van der Waals surface area contributed by atoms with Crippen LogP contribution in [0.1, 0.15) is 47.2 Å². The van der Waals surface area contributed by atoms with E-state index in [1.54, 1.807) is 39.8 Å². The Bertz CT molecular complexity index is 1240. The smallest absolute Gasteiger partial charge is 0.343 e. The third-order valence-electron chi connectivity index (χ3n) is 4.96. The molecule has 3 aromatic rings. The number of hydrogen-bond acceptors (Lipinski definition) is 7. The quantitative estimate of drug-likeness (QED) is 0.368. The summed E-state index contributed by atoms with van der Waals surface area (Å²) in [6.45, 7) is 7.82. The SMILES string of the molecule is CCOC(=O)c1c(C)oc2ccc(OC(=O)c3ccc(S(=O)(=O)N(CC)CC)cc3)cc12. The molecule has 32 heavy (non-hydrogen) atoms. The maximum atomic E-state index is 12.6. The number of rotatable bonds is 8. The number of benzene rings is 2. The minimum atomic E-state index is -3.62. The summed E-state index contributed by atoms with van der Waals surface area (Å²) in [6, 6.07) is 10.3. The first-order chi connectivity index (χ1) is 15.2. The lowest BCUT2D eigenvalue weighted by molar-refractivity contribution is 0.0526. The summed E-state index contributed by atoms with van der Waals surface area (Å²) in [7, 11) is -3.62. The van der Waals surface area contributed by atoms with Gasteiger partial charge in [0.05, 0.1) is 17.1 Å². The van der Waals surface area contributed by atoms with Gasteiger partial charge in [-0.15, -0.1) is 0 Å². The van der Waals surface area contributed by atoms with Crippen molar-refractivity contribution in [2.75, 3.05) is 19.7 Å². The molecule has 0 N–H and O–H groups in total. The highest BCUT2D eigenvalue weighted by molar-refractivity contribution is 7.89. The minimum absolute atomic E-state index is 0.104. The van der Waals surface area contributed by atoms with Crippen LogP contribution in [0.25, 0.3) is 11.0 Å². The first kappa shape index (κ1) is 23.5. The van der Waals surface area contributed by atoms with Crippen LogP contribution in [0.5, 0.6) is 5.75 Å². The third-order valence-corrected chi connectivity index (χ3v) is 7.02. The van der Waals surface area contributed by atoms with Crippen LogP contribution in [0, 0.1) is 6.92 Å². The van der Waals surface area contributed by atoms with Gasteiger partial charge < -0.3 is 13.9 Å². The van der Waals surface area contributed by atoms with Crippen molar-refractivity contribution in [2.24, 2.45) is 0 Å². The molecule has 170 valence electrons. The van der Waals surface area contributed by atoms with Crippen molar-refractivity contribution >= 4 is 32.9 Å². The largest absolute Gasteiger partial charge is 0.462 e. The van der Waals surface area contributed by atoms with Crippen LogP contribution >= 0.6 is 0 Å². The van der Waals surface area contributed by atoms with Crippen molar-refractivity contribution in [2.45, 2.75) is 32.6 Å². The number of ether oxygens (including phenoxy) is 2. The molecule has 0 radical (unpaired) electrons. The molecular formula is C23H25NO7S. The number of aryl methyl sites for hydroxylation is 1.